The summed E-state index contributed by atoms with van der Waals surface area (Å²) >= 11 is 0. The molecule has 2 rings (SSSR count). The van der Waals surface area contributed by atoms with Crippen LogP contribution in [0.5, 0.6) is 11.6 Å². The van der Waals surface area contributed by atoms with Crippen LogP contribution in [0, 0.1) is 5.82 Å². The first-order valence-electron chi connectivity index (χ1n) is 5.23. The first-order chi connectivity index (χ1) is 8.19. The van der Waals surface area contributed by atoms with Crippen molar-refractivity contribution in [3.8, 4) is 11.6 Å². The fourth-order valence-corrected chi connectivity index (χ4v) is 1.35. The van der Waals surface area contributed by atoms with E-state index in [1.165, 1.54) is 24.5 Å². The maximum Gasteiger partial charge on any atom is 0.222 e. The van der Waals surface area contributed by atoms with Crippen molar-refractivity contribution in [2.24, 2.45) is 0 Å². The fraction of sp³-hybridized carbons (Fsp3) is 0.167. The van der Waals surface area contributed by atoms with Crippen molar-refractivity contribution in [1.82, 2.24) is 9.97 Å². The molecule has 1 aromatic heterocycles. The maximum atomic E-state index is 12.8. The highest BCUT2D eigenvalue weighted by molar-refractivity contribution is 5.53. The number of rotatable bonds is 3. The van der Waals surface area contributed by atoms with Gasteiger partial charge in [-0.3, -0.25) is 0 Å². The lowest BCUT2D eigenvalue weighted by Crippen LogP contribution is -1.96. The number of benzene rings is 1. The summed E-state index contributed by atoms with van der Waals surface area (Å²) in [7, 11) is 0. The summed E-state index contributed by atoms with van der Waals surface area (Å²) in [6.45, 7) is 1.98. The molecule has 17 heavy (non-hydrogen) atoms. The minimum Gasteiger partial charge on any atom is -0.437 e. The molecule has 0 atom stereocenters. The van der Waals surface area contributed by atoms with E-state index in [4.69, 9.17) is 10.5 Å². The van der Waals surface area contributed by atoms with E-state index in [2.05, 4.69) is 9.97 Å². The summed E-state index contributed by atoms with van der Waals surface area (Å²) in [5, 5.41) is 0. The Balaban J connectivity index is 2.25. The molecule has 1 heterocycles. The van der Waals surface area contributed by atoms with Crippen molar-refractivity contribution >= 4 is 5.69 Å². The molecule has 0 unspecified atom stereocenters. The molecule has 0 radical (unpaired) electrons. The van der Waals surface area contributed by atoms with Gasteiger partial charge in [0.05, 0.1) is 5.69 Å². The monoisotopic (exact) mass is 233 g/mol. The largest absolute Gasteiger partial charge is 0.437 e. The minimum absolute atomic E-state index is 0.238. The molecule has 4 nitrogen and oxygen atoms in total. The topological polar surface area (TPSA) is 61.0 Å². The van der Waals surface area contributed by atoms with Gasteiger partial charge in [0.15, 0.2) is 5.75 Å². The van der Waals surface area contributed by atoms with Gasteiger partial charge in [-0.25, -0.2) is 14.4 Å². The van der Waals surface area contributed by atoms with Crippen LogP contribution in [0.15, 0.2) is 30.6 Å². The lowest BCUT2D eigenvalue weighted by atomic mass is 10.3. The SMILES string of the molecule is CCc1cc(Oc2ccc(F)cc2N)ncn1. The zero-order valence-electron chi connectivity index (χ0n) is 9.35. The van der Waals surface area contributed by atoms with E-state index in [-0.39, 0.29) is 5.69 Å². The van der Waals surface area contributed by atoms with Crippen molar-refractivity contribution in [3.05, 3.63) is 42.1 Å². The van der Waals surface area contributed by atoms with E-state index in [9.17, 15) is 4.39 Å². The lowest BCUT2D eigenvalue weighted by Gasteiger charge is -2.07. The van der Waals surface area contributed by atoms with Crippen LogP contribution < -0.4 is 10.5 Å². The maximum absolute atomic E-state index is 12.8. The van der Waals surface area contributed by atoms with Gasteiger partial charge >= 0.3 is 0 Å². The lowest BCUT2D eigenvalue weighted by molar-refractivity contribution is 0.461. The number of hydrogen-bond donors (Lipinski definition) is 1. The highest BCUT2D eigenvalue weighted by Gasteiger charge is 2.05. The standard InChI is InChI=1S/C12H12FN3O/c1-2-9-6-12(16-7-15-9)17-11-4-3-8(13)5-10(11)14/h3-7H,2,14H2,1H3. The Morgan fingerprint density at radius 2 is 2.12 bits per heavy atom. The van der Waals surface area contributed by atoms with Crippen LogP contribution in [0.1, 0.15) is 12.6 Å². The number of nitrogens with two attached hydrogens (primary N) is 1. The Hall–Kier alpha value is -2.17. The van der Waals surface area contributed by atoms with Gasteiger partial charge in [-0.15, -0.1) is 0 Å². The number of ether oxygens (including phenoxy) is 1. The zero-order valence-corrected chi connectivity index (χ0v) is 9.35. The van der Waals surface area contributed by atoms with Crippen molar-refractivity contribution in [1.29, 1.82) is 0 Å². The van der Waals surface area contributed by atoms with Gasteiger partial charge in [0.25, 0.3) is 0 Å². The van der Waals surface area contributed by atoms with Crippen LogP contribution in [0.2, 0.25) is 0 Å². The molecule has 0 saturated carbocycles. The molecule has 0 bridgehead atoms. The molecule has 1 aromatic carbocycles. The molecular formula is C12H12FN3O. The van der Waals surface area contributed by atoms with Gasteiger partial charge in [-0.2, -0.15) is 0 Å². The third kappa shape index (κ3) is 2.69. The summed E-state index contributed by atoms with van der Waals surface area (Å²) < 4.78 is 18.3. The molecule has 2 aromatic rings. The predicted molar refractivity (Wildman–Crippen MR) is 62.3 cm³/mol. The number of nitrogens with zero attached hydrogens (tertiary/aromatic N) is 2. The Morgan fingerprint density at radius 1 is 1.29 bits per heavy atom. The van der Waals surface area contributed by atoms with Crippen LogP contribution in [-0.2, 0) is 6.42 Å². The van der Waals surface area contributed by atoms with Crippen LogP contribution in [0.25, 0.3) is 0 Å². The molecule has 0 spiro atoms. The number of nitrogen functional groups attached to an aromatic ring is 1. The van der Waals surface area contributed by atoms with Gasteiger partial charge in [-0.1, -0.05) is 6.92 Å². The van der Waals surface area contributed by atoms with Gasteiger partial charge in [0, 0.05) is 17.8 Å². The smallest absolute Gasteiger partial charge is 0.222 e. The number of hydrogen-bond acceptors (Lipinski definition) is 4. The second kappa shape index (κ2) is 4.78. The number of aromatic nitrogens is 2. The highest BCUT2D eigenvalue weighted by Crippen LogP contribution is 2.26. The molecule has 0 fully saturated rings. The molecular weight excluding hydrogens is 221 g/mol. The van der Waals surface area contributed by atoms with Crippen LogP contribution in [0.3, 0.4) is 0 Å². The first kappa shape index (κ1) is 11.3. The average molecular weight is 233 g/mol. The Morgan fingerprint density at radius 3 is 2.82 bits per heavy atom. The quantitative estimate of drug-likeness (QED) is 0.827. The number of anilines is 1. The minimum atomic E-state index is -0.396. The number of aryl methyl sites for hydroxylation is 1. The van der Waals surface area contributed by atoms with E-state index in [0.29, 0.717) is 11.6 Å². The summed E-state index contributed by atoms with van der Waals surface area (Å²) in [5.41, 5.74) is 6.74. The summed E-state index contributed by atoms with van der Waals surface area (Å²) in [6, 6.07) is 5.69. The normalized spacial score (nSPS) is 10.2. The third-order valence-electron chi connectivity index (χ3n) is 2.25. The van der Waals surface area contributed by atoms with Crippen LogP contribution in [0.4, 0.5) is 10.1 Å². The van der Waals surface area contributed by atoms with Crippen molar-refractivity contribution in [2.75, 3.05) is 5.73 Å². The van der Waals surface area contributed by atoms with Crippen LogP contribution >= 0.6 is 0 Å². The Labute approximate surface area is 98.3 Å². The Bertz CT molecular complexity index is 531. The van der Waals surface area contributed by atoms with E-state index in [1.54, 1.807) is 6.07 Å². The molecule has 0 aliphatic rings. The third-order valence-corrected chi connectivity index (χ3v) is 2.25. The highest BCUT2D eigenvalue weighted by atomic mass is 19.1. The van der Waals surface area contributed by atoms with Crippen molar-refractivity contribution < 1.29 is 9.13 Å². The van der Waals surface area contributed by atoms with Gasteiger partial charge in [0.2, 0.25) is 5.88 Å². The van der Waals surface area contributed by atoms with Gasteiger partial charge in [0.1, 0.15) is 12.1 Å². The second-order valence-corrected chi connectivity index (χ2v) is 3.49. The summed E-state index contributed by atoms with van der Waals surface area (Å²) in [4.78, 5) is 8.02. The Kier molecular flexibility index (Phi) is 3.18. The molecule has 0 aliphatic carbocycles. The molecule has 88 valence electrons. The van der Waals surface area contributed by atoms with E-state index in [0.717, 1.165) is 12.1 Å². The molecule has 2 N–H and O–H groups in total. The summed E-state index contributed by atoms with van der Waals surface area (Å²) in [6.07, 6.45) is 2.21. The van der Waals surface area contributed by atoms with Crippen LogP contribution in [-0.4, -0.2) is 9.97 Å². The second-order valence-electron chi connectivity index (χ2n) is 3.49. The average Bonchev–Trinajstić information content (AvgIpc) is 2.33. The fourth-order valence-electron chi connectivity index (χ4n) is 1.35. The van der Waals surface area contributed by atoms with Gasteiger partial charge in [-0.05, 0) is 18.6 Å². The molecule has 0 amide bonds. The van der Waals surface area contributed by atoms with E-state index < -0.39 is 5.82 Å². The molecule has 0 saturated heterocycles. The zero-order chi connectivity index (χ0) is 12.3. The predicted octanol–water partition coefficient (Wildman–Crippen LogP) is 2.55. The van der Waals surface area contributed by atoms with E-state index >= 15 is 0 Å². The van der Waals surface area contributed by atoms with Gasteiger partial charge < -0.3 is 10.5 Å². The first-order valence-corrected chi connectivity index (χ1v) is 5.23. The number of halogens is 1. The van der Waals surface area contributed by atoms with E-state index in [1.807, 2.05) is 6.92 Å². The van der Waals surface area contributed by atoms with Crippen molar-refractivity contribution in [2.45, 2.75) is 13.3 Å². The molecule has 5 heteroatoms. The van der Waals surface area contributed by atoms with Crippen molar-refractivity contribution in [3.63, 3.8) is 0 Å². The molecule has 0 aliphatic heterocycles. The summed E-state index contributed by atoms with van der Waals surface area (Å²) in [5.74, 6) is 0.383.